The predicted octanol–water partition coefficient (Wildman–Crippen LogP) is 3.29. The maximum absolute atomic E-state index is 4.42. The van der Waals surface area contributed by atoms with Gasteiger partial charge in [-0.05, 0) is 55.3 Å². The van der Waals surface area contributed by atoms with E-state index in [2.05, 4.69) is 25.1 Å². The summed E-state index contributed by atoms with van der Waals surface area (Å²) in [5.74, 6) is 3.03. The van der Waals surface area contributed by atoms with Crippen LogP contribution in [-0.2, 0) is 0 Å². The number of rotatable bonds is 1. The summed E-state index contributed by atoms with van der Waals surface area (Å²) in [5.41, 5.74) is 0.549. The summed E-state index contributed by atoms with van der Waals surface area (Å²) in [4.78, 5) is 4.42. The summed E-state index contributed by atoms with van der Waals surface area (Å²) >= 11 is 0. The van der Waals surface area contributed by atoms with Gasteiger partial charge in [-0.1, -0.05) is 13.8 Å². The molecule has 0 saturated heterocycles. The van der Waals surface area contributed by atoms with Gasteiger partial charge in [-0.15, -0.1) is 0 Å². The Labute approximate surface area is 87.0 Å². The minimum Gasteiger partial charge on any atom is -0.286 e. The standard InChI is InChI=1S/C13H21N/c1-9-3-10-5-11(4-9)7-13(2,6-10)12-8-14-12/h8-12H,3-7H2,1-2H3. The van der Waals surface area contributed by atoms with Gasteiger partial charge in [0.15, 0.2) is 0 Å². The van der Waals surface area contributed by atoms with Crippen LogP contribution in [0, 0.1) is 23.2 Å². The second-order valence-corrected chi connectivity index (χ2v) is 6.35. The van der Waals surface area contributed by atoms with Crippen molar-refractivity contribution in [2.24, 2.45) is 28.2 Å². The molecule has 0 N–H and O–H groups in total. The first-order valence-corrected chi connectivity index (χ1v) is 6.19. The first-order valence-electron chi connectivity index (χ1n) is 6.19. The predicted molar refractivity (Wildman–Crippen MR) is 59.6 cm³/mol. The van der Waals surface area contributed by atoms with Gasteiger partial charge in [0, 0.05) is 6.21 Å². The highest BCUT2D eigenvalue weighted by atomic mass is 14.9. The van der Waals surface area contributed by atoms with Crippen LogP contribution < -0.4 is 0 Å². The van der Waals surface area contributed by atoms with Gasteiger partial charge in [0.25, 0.3) is 0 Å². The van der Waals surface area contributed by atoms with Crippen molar-refractivity contribution in [3.63, 3.8) is 0 Å². The van der Waals surface area contributed by atoms with Gasteiger partial charge in [-0.25, -0.2) is 0 Å². The van der Waals surface area contributed by atoms with E-state index >= 15 is 0 Å². The highest BCUT2D eigenvalue weighted by Gasteiger charge is 2.46. The number of hydrogen-bond donors (Lipinski definition) is 0. The molecule has 0 amide bonds. The van der Waals surface area contributed by atoms with Crippen molar-refractivity contribution in [2.45, 2.75) is 52.0 Å². The Morgan fingerprint density at radius 1 is 1.14 bits per heavy atom. The monoisotopic (exact) mass is 191 g/mol. The Hall–Kier alpha value is -0.330. The van der Waals surface area contributed by atoms with Crippen molar-refractivity contribution in [1.82, 2.24) is 0 Å². The summed E-state index contributed by atoms with van der Waals surface area (Å²) < 4.78 is 0. The summed E-state index contributed by atoms with van der Waals surface area (Å²) in [6.45, 7) is 4.91. The van der Waals surface area contributed by atoms with Crippen LogP contribution in [0.2, 0.25) is 0 Å². The molecule has 2 aliphatic carbocycles. The number of aliphatic imine (C=N–C) groups is 1. The van der Waals surface area contributed by atoms with Crippen molar-refractivity contribution in [3.8, 4) is 0 Å². The van der Waals surface area contributed by atoms with Gasteiger partial charge < -0.3 is 0 Å². The van der Waals surface area contributed by atoms with E-state index in [1.54, 1.807) is 0 Å². The lowest BCUT2D eigenvalue weighted by atomic mass is 9.58. The van der Waals surface area contributed by atoms with Crippen LogP contribution >= 0.6 is 0 Å². The van der Waals surface area contributed by atoms with Gasteiger partial charge in [-0.3, -0.25) is 4.99 Å². The molecule has 1 heteroatoms. The zero-order valence-corrected chi connectivity index (χ0v) is 9.37. The lowest BCUT2D eigenvalue weighted by Gasteiger charge is -2.47. The largest absolute Gasteiger partial charge is 0.286 e. The maximum atomic E-state index is 4.42. The van der Waals surface area contributed by atoms with Gasteiger partial charge in [0.1, 0.15) is 0 Å². The van der Waals surface area contributed by atoms with Crippen LogP contribution in [0.15, 0.2) is 4.99 Å². The lowest BCUT2D eigenvalue weighted by Crippen LogP contribution is -2.39. The maximum Gasteiger partial charge on any atom is 0.0896 e. The fourth-order valence-electron chi connectivity index (χ4n) is 4.28. The molecule has 3 rings (SSSR count). The second kappa shape index (κ2) is 2.84. The molecule has 3 unspecified atom stereocenters. The average molecular weight is 191 g/mol. The Morgan fingerprint density at radius 3 is 2.21 bits per heavy atom. The van der Waals surface area contributed by atoms with E-state index in [1.165, 1.54) is 32.1 Å². The smallest absolute Gasteiger partial charge is 0.0896 e. The normalized spacial score (nSPS) is 55.9. The summed E-state index contributed by atoms with van der Waals surface area (Å²) in [5, 5.41) is 0. The molecule has 1 nitrogen and oxygen atoms in total. The van der Waals surface area contributed by atoms with Crippen molar-refractivity contribution in [1.29, 1.82) is 0 Å². The van der Waals surface area contributed by atoms with Crippen LogP contribution in [0.5, 0.6) is 0 Å². The topological polar surface area (TPSA) is 12.4 Å². The third-order valence-corrected chi connectivity index (χ3v) is 4.66. The van der Waals surface area contributed by atoms with Crippen molar-refractivity contribution >= 4 is 6.21 Å². The van der Waals surface area contributed by atoms with Crippen molar-refractivity contribution in [2.75, 3.05) is 0 Å². The number of nitrogens with zero attached hydrogens (tertiary/aromatic N) is 1. The van der Waals surface area contributed by atoms with E-state index in [0.717, 1.165) is 17.8 Å². The van der Waals surface area contributed by atoms with Crippen molar-refractivity contribution < 1.29 is 0 Å². The molecule has 2 saturated carbocycles. The van der Waals surface area contributed by atoms with Gasteiger partial charge in [-0.2, -0.15) is 0 Å². The van der Waals surface area contributed by atoms with Crippen LogP contribution in [0.1, 0.15) is 46.0 Å². The minimum atomic E-state index is 0.549. The summed E-state index contributed by atoms with van der Waals surface area (Å²) in [7, 11) is 0. The van der Waals surface area contributed by atoms with E-state index in [1.807, 2.05) is 0 Å². The summed E-state index contributed by atoms with van der Waals surface area (Å²) in [6.07, 6.45) is 9.55. The average Bonchev–Trinajstić information content (AvgIpc) is 2.81. The number of fused-ring (bicyclic) bond motifs is 2. The highest BCUT2D eigenvalue weighted by molar-refractivity contribution is 5.79. The first kappa shape index (κ1) is 8.94. The molecular weight excluding hydrogens is 170 g/mol. The lowest BCUT2D eigenvalue weighted by molar-refractivity contribution is 0.0486. The molecule has 1 heterocycles. The first-order chi connectivity index (χ1) is 6.66. The van der Waals surface area contributed by atoms with E-state index in [9.17, 15) is 0 Å². The highest BCUT2D eigenvalue weighted by Crippen LogP contribution is 2.53. The molecule has 3 atom stereocenters. The molecule has 0 aromatic rings. The third kappa shape index (κ3) is 1.41. The molecule has 0 spiro atoms. The third-order valence-electron chi connectivity index (χ3n) is 4.66. The van der Waals surface area contributed by atoms with Crippen LogP contribution in [-0.4, -0.2) is 12.3 Å². The molecule has 2 fully saturated rings. The second-order valence-electron chi connectivity index (χ2n) is 6.35. The Morgan fingerprint density at radius 2 is 1.71 bits per heavy atom. The van der Waals surface area contributed by atoms with E-state index in [-0.39, 0.29) is 0 Å². The quantitative estimate of drug-likeness (QED) is 0.603. The van der Waals surface area contributed by atoms with Gasteiger partial charge >= 0.3 is 0 Å². The molecule has 78 valence electrons. The fourth-order valence-corrected chi connectivity index (χ4v) is 4.28. The molecule has 2 bridgehead atoms. The van der Waals surface area contributed by atoms with Crippen molar-refractivity contribution in [3.05, 3.63) is 0 Å². The molecular formula is C13H21N. The van der Waals surface area contributed by atoms with Crippen LogP contribution in [0.4, 0.5) is 0 Å². The number of hydrogen-bond acceptors (Lipinski definition) is 1. The summed E-state index contributed by atoms with van der Waals surface area (Å²) in [6, 6.07) is 0.626. The Bertz CT molecular complexity index is 244. The molecule has 0 radical (unpaired) electrons. The zero-order chi connectivity index (χ0) is 9.76. The Balaban J connectivity index is 1.75. The zero-order valence-electron chi connectivity index (χ0n) is 9.37. The molecule has 1 aliphatic heterocycles. The molecule has 0 aromatic carbocycles. The van der Waals surface area contributed by atoms with Crippen LogP contribution in [0.25, 0.3) is 0 Å². The van der Waals surface area contributed by atoms with Gasteiger partial charge in [0.05, 0.1) is 6.04 Å². The Kier molecular flexibility index (Phi) is 1.81. The fraction of sp³-hybridized carbons (Fsp3) is 0.923. The van der Waals surface area contributed by atoms with Gasteiger partial charge in [0.2, 0.25) is 0 Å². The minimum absolute atomic E-state index is 0.549. The molecule has 3 aliphatic rings. The van der Waals surface area contributed by atoms with Crippen LogP contribution in [0.3, 0.4) is 0 Å². The van der Waals surface area contributed by atoms with E-state index < -0.39 is 0 Å². The molecule has 14 heavy (non-hydrogen) atoms. The van der Waals surface area contributed by atoms with E-state index in [4.69, 9.17) is 0 Å². The molecule has 0 aromatic heterocycles. The van der Waals surface area contributed by atoms with E-state index in [0.29, 0.717) is 11.5 Å². The SMILES string of the molecule is CC1CC2CC(C1)CC(C)(C1C=N1)C2.